The Balaban J connectivity index is 0.00000111. The summed E-state index contributed by atoms with van der Waals surface area (Å²) in [6, 6.07) is 9.93. The summed E-state index contributed by atoms with van der Waals surface area (Å²) in [6.45, 7) is 14.5. The van der Waals surface area contributed by atoms with Crippen molar-refractivity contribution in [3.05, 3.63) is 90.1 Å². The minimum absolute atomic E-state index is 0.156. The molecule has 0 radical (unpaired) electrons. The quantitative estimate of drug-likeness (QED) is 0.0961. The Kier molecular flexibility index (Phi) is 17.8. The number of esters is 1. The van der Waals surface area contributed by atoms with Crippen molar-refractivity contribution in [2.75, 3.05) is 53.0 Å². The Morgan fingerprint density at radius 1 is 0.790 bits per heavy atom. The van der Waals surface area contributed by atoms with E-state index < -0.39 is 41.7 Å². The molecule has 4 amide bonds. The van der Waals surface area contributed by atoms with Crippen molar-refractivity contribution in [3.8, 4) is 0 Å². The van der Waals surface area contributed by atoms with Crippen molar-refractivity contribution >= 4 is 41.6 Å². The molecule has 2 saturated carbocycles. The van der Waals surface area contributed by atoms with Crippen LogP contribution in [0, 0.1) is 59.2 Å². The normalized spacial score (nSPS) is 27.3. The molecular weight excluding hydrogens is 810 g/mol. The second-order valence-electron chi connectivity index (χ2n) is 16.4. The number of rotatable bonds is 18. The maximum Gasteiger partial charge on any atom is 0.430 e. The van der Waals surface area contributed by atoms with E-state index in [0.29, 0.717) is 26.2 Å². The number of hydrogen-bond acceptors (Lipinski definition) is 10. The molecule has 1 aromatic rings. The van der Waals surface area contributed by atoms with Crippen LogP contribution < -0.4 is 16.2 Å². The molecule has 4 N–H and O–H groups in total. The molecule has 62 heavy (non-hydrogen) atoms. The van der Waals surface area contributed by atoms with Gasteiger partial charge in [-0.3, -0.25) is 33.8 Å². The number of quaternary nitrogens is 1. The first-order valence-electron chi connectivity index (χ1n) is 21.0. The number of allylic oxidation sites excluding steroid dienone is 8. The zero-order valence-electron chi connectivity index (χ0n) is 36.0. The summed E-state index contributed by atoms with van der Waals surface area (Å²) in [5.41, 5.74) is 6.94. The van der Waals surface area contributed by atoms with Crippen LogP contribution in [0.25, 0.3) is 6.08 Å². The fourth-order valence-corrected chi connectivity index (χ4v) is 8.96. The van der Waals surface area contributed by atoms with E-state index in [1.54, 1.807) is 6.08 Å². The van der Waals surface area contributed by atoms with E-state index in [0.717, 1.165) is 16.7 Å². The van der Waals surface area contributed by atoms with Crippen LogP contribution >= 0.6 is 0 Å². The maximum absolute atomic E-state index is 14.3. The summed E-state index contributed by atoms with van der Waals surface area (Å²) in [5, 5.41) is 11.9. The average molecular weight is 869 g/mol. The predicted octanol–water partition coefficient (Wildman–Crippen LogP) is 3.01. The molecule has 16 heteroatoms. The van der Waals surface area contributed by atoms with Gasteiger partial charge in [0.25, 0.3) is 0 Å². The van der Waals surface area contributed by atoms with Gasteiger partial charge >= 0.3 is 12.1 Å². The number of aliphatic carboxylic acids is 1. The Morgan fingerprint density at radius 3 is 1.71 bits per heavy atom. The molecule has 0 spiro atoms. The topological polar surface area (TPSA) is 190 Å². The predicted molar refractivity (Wildman–Crippen MR) is 221 cm³/mol. The Labute approximate surface area is 360 Å². The Bertz CT molecular complexity index is 1930. The van der Waals surface area contributed by atoms with E-state index >= 15 is 0 Å². The van der Waals surface area contributed by atoms with Gasteiger partial charge in [-0.15, -0.1) is 6.58 Å². The van der Waals surface area contributed by atoms with Gasteiger partial charge in [-0.05, 0) is 17.4 Å². The molecule has 2 aliphatic carbocycles. The zero-order valence-corrected chi connectivity index (χ0v) is 36.0. The highest BCUT2D eigenvalue weighted by molar-refractivity contribution is 6.08. The summed E-state index contributed by atoms with van der Waals surface area (Å²) in [7, 11) is 1.54. The molecule has 8 atom stereocenters. The van der Waals surface area contributed by atoms with E-state index in [2.05, 4.69) is 69.6 Å². The number of carboxylic acids is 1. The van der Waals surface area contributed by atoms with Gasteiger partial charge in [0, 0.05) is 50.4 Å². The van der Waals surface area contributed by atoms with Crippen LogP contribution in [0.15, 0.2) is 84.5 Å². The molecule has 2 saturated heterocycles. The van der Waals surface area contributed by atoms with Crippen molar-refractivity contribution in [2.45, 2.75) is 40.3 Å². The van der Waals surface area contributed by atoms with E-state index in [1.807, 2.05) is 42.5 Å². The summed E-state index contributed by atoms with van der Waals surface area (Å²) in [6.07, 6.45) is 9.29. The standard InChI is InChI=1S/C44H58N4O7.C2HF3O2/c1-7-30-34(25-27(2)3)32(38-37(30)41(50)48(44(38)53)22-20-46-19-17-36(49)55-24-23-54-6)15-16-33-35(26-28(4)5)31(14-13-29-11-9-8-10-12-29)39-40(33)43(52)47(21-18-45)42(39)51;3-2(4,5)1(6)7/h7-16,25-28,30-33,37-40,46H,1,17-24,45H2,2-6H3;(H,6,7)/b14-13?,16-15-,34-25+,35-26-;/t30-,31+,32+,33-,37+,38-,39-,40+;/m0./s1. The van der Waals surface area contributed by atoms with Gasteiger partial charge in [0.15, 0.2) is 0 Å². The number of amides is 4. The number of methoxy groups -OCH3 is 1. The minimum atomic E-state index is -5.19. The molecule has 0 bridgehead atoms. The van der Waals surface area contributed by atoms with Gasteiger partial charge in [0.1, 0.15) is 12.6 Å². The van der Waals surface area contributed by atoms with Crippen LogP contribution in [0.5, 0.6) is 0 Å². The van der Waals surface area contributed by atoms with Gasteiger partial charge in [-0.2, -0.15) is 13.2 Å². The molecule has 0 aromatic heterocycles. The van der Waals surface area contributed by atoms with Crippen molar-refractivity contribution in [2.24, 2.45) is 59.2 Å². The Hall–Kier alpha value is -5.19. The van der Waals surface area contributed by atoms with E-state index in [9.17, 15) is 37.1 Å². The van der Waals surface area contributed by atoms with E-state index in [1.165, 1.54) is 16.9 Å². The number of likely N-dealkylation sites (tertiary alicyclic amines) is 2. The number of imide groups is 2. The highest BCUT2D eigenvalue weighted by Crippen LogP contribution is 2.55. The number of fused-ring (bicyclic) bond motifs is 2. The lowest BCUT2D eigenvalue weighted by Gasteiger charge is -2.23. The van der Waals surface area contributed by atoms with Crippen LogP contribution in [0.2, 0.25) is 0 Å². The third kappa shape index (κ3) is 11.6. The fraction of sp³-hybridized carbons (Fsp3) is 0.522. The van der Waals surface area contributed by atoms with Gasteiger partial charge in [-0.1, -0.05) is 112 Å². The summed E-state index contributed by atoms with van der Waals surface area (Å²) in [5.74, 6) is -7.58. The molecule has 338 valence electrons. The molecule has 1 aromatic carbocycles. The number of nitrogens with zero attached hydrogens (tertiary/aromatic N) is 2. The molecule has 0 unspecified atom stereocenters. The molecule has 13 nitrogen and oxygen atoms in total. The van der Waals surface area contributed by atoms with Crippen molar-refractivity contribution in [1.29, 1.82) is 0 Å². The van der Waals surface area contributed by atoms with Crippen molar-refractivity contribution < 1.29 is 62.3 Å². The number of carbonyl (C=O) groups is 6. The van der Waals surface area contributed by atoms with Gasteiger partial charge < -0.3 is 30.4 Å². The monoisotopic (exact) mass is 868 g/mol. The van der Waals surface area contributed by atoms with Crippen molar-refractivity contribution in [1.82, 2.24) is 15.1 Å². The van der Waals surface area contributed by atoms with Crippen LogP contribution in [-0.2, 0) is 38.2 Å². The highest BCUT2D eigenvalue weighted by atomic mass is 19.4. The molecule has 5 rings (SSSR count). The number of benzene rings is 1. The Morgan fingerprint density at radius 2 is 1.26 bits per heavy atom. The van der Waals surface area contributed by atoms with Gasteiger partial charge in [0.2, 0.25) is 23.6 Å². The smallest absolute Gasteiger partial charge is 0.430 e. The first kappa shape index (κ1) is 49.5. The maximum atomic E-state index is 14.3. The SMILES string of the molecule is C=C[C@H]1/C(=C\C(C)C)[C@@H](/C=C\[C@H]2/C(=C\C(C)C)[C@@H](C=Cc3ccccc3)[C@@H]3C(=O)N(CC[NH3+])C(=O)[C@@H]32)[C@@H]2C(=O)N(CCNCCC(=O)OCCOC)C(=O)[C@@H]21.O=C([O-])C(F)(F)F. The first-order valence-corrected chi connectivity index (χ1v) is 21.0. The average Bonchev–Trinajstić information content (AvgIpc) is 3.84. The third-order valence-electron chi connectivity index (χ3n) is 11.4. The number of ether oxygens (including phenoxy) is 2. The molecule has 4 aliphatic rings. The van der Waals surface area contributed by atoms with Gasteiger partial charge in [-0.25, -0.2) is 0 Å². The largest absolute Gasteiger partial charge is 0.542 e. The number of halogens is 3. The number of carbonyl (C=O) groups excluding carboxylic acids is 6. The lowest BCUT2D eigenvalue weighted by Crippen LogP contribution is -2.56. The third-order valence-corrected chi connectivity index (χ3v) is 11.4. The second kappa shape index (κ2) is 22.2. The first-order chi connectivity index (χ1) is 29.4. The highest BCUT2D eigenvalue weighted by Gasteiger charge is 2.61. The summed E-state index contributed by atoms with van der Waals surface area (Å²) >= 11 is 0. The molecule has 2 heterocycles. The summed E-state index contributed by atoms with van der Waals surface area (Å²) in [4.78, 5) is 79.9. The molecule has 4 fully saturated rings. The van der Waals surface area contributed by atoms with Crippen LogP contribution in [0.1, 0.15) is 39.7 Å². The van der Waals surface area contributed by atoms with Crippen LogP contribution in [0.4, 0.5) is 13.2 Å². The lowest BCUT2D eigenvalue weighted by atomic mass is 9.84. The van der Waals surface area contributed by atoms with Crippen LogP contribution in [-0.4, -0.2) is 105 Å². The fourth-order valence-electron chi connectivity index (χ4n) is 8.96. The molecular formula is C46H59F3N4O9. The number of nitrogens with one attached hydrogen (secondary N) is 1. The van der Waals surface area contributed by atoms with E-state index in [-0.39, 0.29) is 85.3 Å². The second-order valence-corrected chi connectivity index (χ2v) is 16.4. The summed E-state index contributed by atoms with van der Waals surface area (Å²) < 4.78 is 41.6. The van der Waals surface area contributed by atoms with Crippen molar-refractivity contribution in [3.63, 3.8) is 0 Å². The lowest BCUT2D eigenvalue weighted by molar-refractivity contribution is -0.367. The minimum Gasteiger partial charge on any atom is -0.542 e. The number of hydrogen-bond donors (Lipinski definition) is 2. The van der Waals surface area contributed by atoms with E-state index in [4.69, 9.17) is 19.4 Å². The zero-order chi connectivity index (χ0) is 45.9. The number of alkyl halides is 3. The number of carboxylic acid groups (broad SMARTS) is 1. The van der Waals surface area contributed by atoms with Crippen LogP contribution in [0.3, 0.4) is 0 Å². The molecule has 2 aliphatic heterocycles. The van der Waals surface area contributed by atoms with Gasteiger partial charge in [0.05, 0.1) is 49.8 Å².